The van der Waals surface area contributed by atoms with E-state index in [4.69, 9.17) is 4.74 Å². The van der Waals surface area contributed by atoms with Crippen molar-refractivity contribution in [1.82, 2.24) is 10.3 Å². The maximum absolute atomic E-state index is 12.0. The second-order valence-corrected chi connectivity index (χ2v) is 4.18. The molecule has 2 rings (SSSR count). The smallest absolute Gasteiger partial charge is 0.251 e. The van der Waals surface area contributed by atoms with E-state index in [-0.39, 0.29) is 11.9 Å². The molecule has 0 radical (unpaired) electrons. The largest absolute Gasteiger partial charge is 0.497 e. The first-order valence-corrected chi connectivity index (χ1v) is 6.06. The molecule has 19 heavy (non-hydrogen) atoms. The molecule has 98 valence electrons. The summed E-state index contributed by atoms with van der Waals surface area (Å²) in [4.78, 5) is 16.3. The number of hydrogen-bond donors (Lipinski definition) is 1. The summed E-state index contributed by atoms with van der Waals surface area (Å²) in [5, 5.41) is 2.91. The van der Waals surface area contributed by atoms with Crippen molar-refractivity contribution in [2.24, 2.45) is 0 Å². The number of hydrogen-bond acceptors (Lipinski definition) is 3. The van der Waals surface area contributed by atoms with Gasteiger partial charge in [-0.1, -0.05) is 6.07 Å². The summed E-state index contributed by atoms with van der Waals surface area (Å²) >= 11 is 0. The van der Waals surface area contributed by atoms with Gasteiger partial charge in [-0.25, -0.2) is 0 Å². The van der Waals surface area contributed by atoms with Crippen molar-refractivity contribution in [3.63, 3.8) is 0 Å². The van der Waals surface area contributed by atoms with Crippen LogP contribution in [0.1, 0.15) is 29.0 Å². The predicted octanol–water partition coefficient (Wildman–Crippen LogP) is 2.58. The number of methoxy groups -OCH3 is 1. The average Bonchev–Trinajstić information content (AvgIpc) is 2.48. The molecule has 1 aromatic heterocycles. The number of aromatic nitrogens is 1. The molecule has 0 aliphatic rings. The van der Waals surface area contributed by atoms with Crippen LogP contribution in [-0.4, -0.2) is 18.0 Å². The van der Waals surface area contributed by atoms with Crippen molar-refractivity contribution in [3.05, 3.63) is 59.9 Å². The Morgan fingerprint density at radius 3 is 2.53 bits per heavy atom. The number of amides is 1. The highest BCUT2D eigenvalue weighted by atomic mass is 16.5. The summed E-state index contributed by atoms with van der Waals surface area (Å²) in [6, 6.07) is 12.5. The van der Waals surface area contributed by atoms with E-state index in [0.29, 0.717) is 5.56 Å². The highest BCUT2D eigenvalue weighted by molar-refractivity contribution is 5.94. The van der Waals surface area contributed by atoms with Gasteiger partial charge in [0, 0.05) is 11.8 Å². The van der Waals surface area contributed by atoms with E-state index in [0.717, 1.165) is 11.4 Å². The molecular weight excluding hydrogens is 240 g/mol. The molecule has 1 heterocycles. The van der Waals surface area contributed by atoms with Gasteiger partial charge in [0.1, 0.15) is 5.75 Å². The van der Waals surface area contributed by atoms with Gasteiger partial charge in [-0.15, -0.1) is 0 Å². The number of benzene rings is 1. The molecule has 1 atom stereocenters. The quantitative estimate of drug-likeness (QED) is 0.914. The molecule has 0 aliphatic carbocycles. The Balaban J connectivity index is 2.04. The van der Waals surface area contributed by atoms with Gasteiger partial charge >= 0.3 is 0 Å². The fourth-order valence-electron chi connectivity index (χ4n) is 1.73. The first-order valence-electron chi connectivity index (χ1n) is 6.06. The maximum atomic E-state index is 12.0. The zero-order valence-electron chi connectivity index (χ0n) is 11.0. The van der Waals surface area contributed by atoms with E-state index in [1.807, 2.05) is 25.1 Å². The third-order valence-corrected chi connectivity index (χ3v) is 2.83. The molecule has 1 N–H and O–H groups in total. The Kier molecular flexibility index (Phi) is 4.13. The molecule has 0 bridgehead atoms. The van der Waals surface area contributed by atoms with Crippen LogP contribution in [0.3, 0.4) is 0 Å². The molecule has 1 amide bonds. The zero-order chi connectivity index (χ0) is 13.7. The number of rotatable bonds is 4. The lowest BCUT2D eigenvalue weighted by Gasteiger charge is -2.13. The summed E-state index contributed by atoms with van der Waals surface area (Å²) in [5.74, 6) is 0.607. The van der Waals surface area contributed by atoms with Crippen LogP contribution in [0.15, 0.2) is 48.7 Å². The third-order valence-electron chi connectivity index (χ3n) is 2.83. The fourth-order valence-corrected chi connectivity index (χ4v) is 1.73. The average molecular weight is 256 g/mol. The van der Waals surface area contributed by atoms with Crippen LogP contribution in [0.5, 0.6) is 5.75 Å². The Bertz CT molecular complexity index is 538. The number of carbonyl (C=O) groups is 1. The lowest BCUT2D eigenvalue weighted by Crippen LogP contribution is -2.27. The Morgan fingerprint density at radius 1 is 1.21 bits per heavy atom. The van der Waals surface area contributed by atoms with Crippen LogP contribution in [0.4, 0.5) is 0 Å². The van der Waals surface area contributed by atoms with Gasteiger partial charge in [-0.2, -0.15) is 0 Å². The van der Waals surface area contributed by atoms with Crippen LogP contribution in [0.25, 0.3) is 0 Å². The SMILES string of the molecule is COc1ccc(C(=O)N[C@H](C)c2ccccn2)cc1. The van der Waals surface area contributed by atoms with E-state index in [1.54, 1.807) is 37.6 Å². The van der Waals surface area contributed by atoms with Crippen molar-refractivity contribution in [1.29, 1.82) is 0 Å². The summed E-state index contributed by atoms with van der Waals surface area (Å²) in [7, 11) is 1.60. The van der Waals surface area contributed by atoms with Crippen molar-refractivity contribution < 1.29 is 9.53 Å². The Labute approximate surface area is 112 Å². The van der Waals surface area contributed by atoms with Crippen LogP contribution < -0.4 is 10.1 Å². The van der Waals surface area contributed by atoms with Crippen molar-refractivity contribution >= 4 is 5.91 Å². The molecule has 1 aromatic carbocycles. The van der Waals surface area contributed by atoms with Gasteiger partial charge < -0.3 is 10.1 Å². The molecule has 4 nitrogen and oxygen atoms in total. The van der Waals surface area contributed by atoms with E-state index < -0.39 is 0 Å². The normalized spacial score (nSPS) is 11.7. The van der Waals surface area contributed by atoms with Gasteiger partial charge in [-0.05, 0) is 43.3 Å². The minimum Gasteiger partial charge on any atom is -0.497 e. The first kappa shape index (κ1) is 13.1. The van der Waals surface area contributed by atoms with E-state index >= 15 is 0 Å². The van der Waals surface area contributed by atoms with E-state index in [2.05, 4.69) is 10.3 Å². The monoisotopic (exact) mass is 256 g/mol. The van der Waals surface area contributed by atoms with Gasteiger partial charge in [0.2, 0.25) is 0 Å². The van der Waals surface area contributed by atoms with Crippen molar-refractivity contribution in [2.45, 2.75) is 13.0 Å². The highest BCUT2D eigenvalue weighted by Gasteiger charge is 2.11. The maximum Gasteiger partial charge on any atom is 0.251 e. The summed E-state index contributed by atoms with van der Waals surface area (Å²) in [6.07, 6.45) is 1.71. The number of pyridine rings is 1. The molecule has 0 saturated carbocycles. The first-order chi connectivity index (χ1) is 9.20. The zero-order valence-corrected chi connectivity index (χ0v) is 11.0. The van der Waals surface area contributed by atoms with Crippen LogP contribution in [0.2, 0.25) is 0 Å². The number of nitrogens with zero attached hydrogens (tertiary/aromatic N) is 1. The third kappa shape index (κ3) is 3.31. The summed E-state index contributed by atoms with van der Waals surface area (Å²) in [5.41, 5.74) is 1.44. The molecule has 0 aliphatic heterocycles. The van der Waals surface area contributed by atoms with Gasteiger partial charge in [0.25, 0.3) is 5.91 Å². The van der Waals surface area contributed by atoms with Crippen molar-refractivity contribution in [3.8, 4) is 5.75 Å². The molecule has 0 saturated heterocycles. The van der Waals surface area contributed by atoms with Crippen LogP contribution in [-0.2, 0) is 0 Å². The minimum absolute atomic E-state index is 0.124. The second-order valence-electron chi connectivity index (χ2n) is 4.18. The second kappa shape index (κ2) is 6.00. The molecule has 2 aromatic rings. The predicted molar refractivity (Wildman–Crippen MR) is 73.1 cm³/mol. The highest BCUT2D eigenvalue weighted by Crippen LogP contribution is 2.13. The number of ether oxygens (including phenoxy) is 1. The van der Waals surface area contributed by atoms with Gasteiger partial charge in [0.05, 0.1) is 18.8 Å². The molecule has 0 fully saturated rings. The van der Waals surface area contributed by atoms with Crippen LogP contribution >= 0.6 is 0 Å². The standard InChI is InChI=1S/C15H16N2O2/c1-11(14-5-3-4-10-16-14)17-15(18)12-6-8-13(19-2)9-7-12/h3-11H,1-2H3,(H,17,18)/t11-/m1/s1. The lowest BCUT2D eigenvalue weighted by atomic mass is 10.1. The molecular formula is C15H16N2O2. The van der Waals surface area contributed by atoms with Crippen molar-refractivity contribution in [2.75, 3.05) is 7.11 Å². The fraction of sp³-hybridized carbons (Fsp3) is 0.200. The van der Waals surface area contributed by atoms with Gasteiger partial charge in [-0.3, -0.25) is 9.78 Å². The lowest BCUT2D eigenvalue weighted by molar-refractivity contribution is 0.0939. The molecule has 0 spiro atoms. The van der Waals surface area contributed by atoms with E-state index in [9.17, 15) is 4.79 Å². The summed E-state index contributed by atoms with van der Waals surface area (Å²) < 4.78 is 5.06. The topological polar surface area (TPSA) is 51.2 Å². The van der Waals surface area contributed by atoms with Crippen LogP contribution in [0, 0.1) is 0 Å². The number of carbonyl (C=O) groups excluding carboxylic acids is 1. The Morgan fingerprint density at radius 2 is 1.95 bits per heavy atom. The minimum atomic E-state index is -0.129. The van der Waals surface area contributed by atoms with E-state index in [1.165, 1.54) is 0 Å². The Hall–Kier alpha value is -2.36. The van der Waals surface area contributed by atoms with Gasteiger partial charge in [0.15, 0.2) is 0 Å². The molecule has 4 heteroatoms. The molecule has 0 unspecified atom stereocenters. The number of nitrogens with one attached hydrogen (secondary N) is 1. The summed E-state index contributed by atoms with van der Waals surface area (Å²) in [6.45, 7) is 1.91.